The van der Waals surface area contributed by atoms with Crippen LogP contribution < -0.4 is 5.32 Å². The summed E-state index contributed by atoms with van der Waals surface area (Å²) in [4.78, 5) is 22.9. The zero-order valence-electron chi connectivity index (χ0n) is 17.7. The molecule has 0 saturated carbocycles. The van der Waals surface area contributed by atoms with Gasteiger partial charge in [-0.2, -0.15) is 4.31 Å². The number of aliphatic hydroxyl groups is 1. The van der Waals surface area contributed by atoms with Crippen LogP contribution in [-0.2, 0) is 19.6 Å². The summed E-state index contributed by atoms with van der Waals surface area (Å²) in [5, 5.41) is 12.1. The van der Waals surface area contributed by atoms with E-state index in [9.17, 15) is 40.7 Å². The molecule has 34 heavy (non-hydrogen) atoms. The van der Waals surface area contributed by atoms with Gasteiger partial charge in [-0.05, 0) is 31.0 Å². The van der Waals surface area contributed by atoms with Crippen LogP contribution in [-0.4, -0.2) is 55.0 Å². The molecule has 2 aromatic rings. The first-order valence-corrected chi connectivity index (χ1v) is 11.4. The molecule has 1 fully saturated rings. The van der Waals surface area contributed by atoms with Gasteiger partial charge in [0.05, 0.1) is 12.6 Å². The average molecular weight is 504 g/mol. The van der Waals surface area contributed by atoms with Crippen LogP contribution in [0.3, 0.4) is 0 Å². The van der Waals surface area contributed by atoms with Crippen molar-refractivity contribution in [3.05, 3.63) is 59.2 Å². The van der Waals surface area contributed by atoms with Crippen molar-refractivity contribution in [1.29, 1.82) is 0 Å². The zero-order valence-corrected chi connectivity index (χ0v) is 18.5. The third kappa shape index (κ3) is 5.72. The molecule has 13 heteroatoms. The van der Waals surface area contributed by atoms with Crippen molar-refractivity contribution < 1.29 is 45.4 Å². The average Bonchev–Trinajstić information content (AvgIpc) is 2.93. The van der Waals surface area contributed by atoms with Gasteiger partial charge >= 0.3 is 5.97 Å². The number of carbonyl (C=O) groups is 2. The molecule has 0 unspecified atom stereocenters. The van der Waals surface area contributed by atoms with Gasteiger partial charge in [-0.1, -0.05) is 0 Å². The number of carbonyl (C=O) groups excluding carboxylic acids is 2. The van der Waals surface area contributed by atoms with E-state index in [0.717, 1.165) is 17.3 Å². The maximum absolute atomic E-state index is 14.5. The lowest BCUT2D eigenvalue weighted by Gasteiger charge is -2.24. The highest BCUT2D eigenvalue weighted by molar-refractivity contribution is 7.89. The van der Waals surface area contributed by atoms with Crippen LogP contribution in [0.4, 0.5) is 23.2 Å². The predicted molar refractivity (Wildman–Crippen MR) is 110 cm³/mol. The highest BCUT2D eigenvalue weighted by atomic mass is 32.2. The smallest absolute Gasteiger partial charge is 0.302 e. The van der Waals surface area contributed by atoms with Crippen molar-refractivity contribution in [2.75, 3.05) is 18.4 Å². The number of sulfonamides is 1. The van der Waals surface area contributed by atoms with Crippen molar-refractivity contribution in [2.45, 2.75) is 36.9 Å². The van der Waals surface area contributed by atoms with Gasteiger partial charge in [-0.15, -0.1) is 0 Å². The highest BCUT2D eigenvalue weighted by Crippen LogP contribution is 2.26. The molecule has 2 N–H and O–H groups in total. The molecule has 184 valence electrons. The fraction of sp³-hybridized carbons (Fsp3) is 0.333. The molecule has 1 amide bonds. The molecule has 1 saturated heterocycles. The maximum atomic E-state index is 14.5. The number of hydrogen-bond donors (Lipinski definition) is 2. The Kier molecular flexibility index (Phi) is 7.58. The number of nitrogens with one attached hydrogen (secondary N) is 1. The number of aliphatic hydroxyl groups excluding tert-OH is 1. The molecular weight excluding hydrogens is 484 g/mol. The van der Waals surface area contributed by atoms with Crippen LogP contribution in [0.1, 0.15) is 30.1 Å². The molecule has 0 aromatic heterocycles. The number of ether oxygens (including phenoxy) is 1. The van der Waals surface area contributed by atoms with Crippen LogP contribution >= 0.6 is 0 Å². The molecule has 1 aliphatic rings. The number of esters is 1. The van der Waals surface area contributed by atoms with Gasteiger partial charge in [0.25, 0.3) is 5.91 Å². The van der Waals surface area contributed by atoms with Gasteiger partial charge < -0.3 is 15.2 Å². The molecule has 1 aliphatic heterocycles. The fourth-order valence-corrected chi connectivity index (χ4v) is 5.04. The summed E-state index contributed by atoms with van der Waals surface area (Å²) in [6.07, 6.45) is -1.65. The Hall–Kier alpha value is -3.03. The molecule has 1 heterocycles. The lowest BCUT2D eigenvalue weighted by Crippen LogP contribution is -2.40. The number of anilines is 1. The second kappa shape index (κ2) is 10.1. The summed E-state index contributed by atoms with van der Waals surface area (Å²) in [5.41, 5.74) is -0.827. The van der Waals surface area contributed by atoms with E-state index >= 15 is 0 Å². The van der Waals surface area contributed by atoms with E-state index < -0.39 is 74.5 Å². The van der Waals surface area contributed by atoms with Crippen LogP contribution in [0.15, 0.2) is 35.2 Å². The summed E-state index contributed by atoms with van der Waals surface area (Å²) >= 11 is 0. The summed E-state index contributed by atoms with van der Waals surface area (Å²) < 4.78 is 86.6. The SMILES string of the molecule is CC(=O)O[C@@H]1CC[C@H](O)CN(S(=O)(=O)c2cc(C(=O)Nc3cc(F)c(F)c(F)c3)ccc2F)C1. The number of β-amino-alcohol motifs (C(OH)–C–C–N with tert-alkyl or cyclic N) is 1. The second-order valence-corrected chi connectivity index (χ2v) is 9.54. The molecule has 3 rings (SSSR count). The minimum atomic E-state index is -4.61. The van der Waals surface area contributed by atoms with E-state index in [4.69, 9.17) is 4.74 Å². The Bertz CT molecular complexity index is 1200. The van der Waals surface area contributed by atoms with Crippen molar-refractivity contribution in [3.63, 3.8) is 0 Å². The third-order valence-electron chi connectivity index (χ3n) is 5.03. The molecule has 0 radical (unpaired) electrons. The number of hydrogen-bond acceptors (Lipinski definition) is 6. The summed E-state index contributed by atoms with van der Waals surface area (Å²) in [6.45, 7) is 0.397. The van der Waals surface area contributed by atoms with Gasteiger partial charge in [-0.25, -0.2) is 26.0 Å². The minimum Gasteiger partial charge on any atom is -0.461 e. The van der Waals surface area contributed by atoms with E-state index in [-0.39, 0.29) is 24.9 Å². The largest absolute Gasteiger partial charge is 0.461 e. The fourth-order valence-electron chi connectivity index (χ4n) is 3.44. The normalized spacial score (nSPS) is 19.4. The summed E-state index contributed by atoms with van der Waals surface area (Å²) in [5.74, 6) is -7.75. The van der Waals surface area contributed by atoms with Gasteiger partial charge in [0.1, 0.15) is 16.8 Å². The Morgan fingerprint density at radius 1 is 1.03 bits per heavy atom. The summed E-state index contributed by atoms with van der Waals surface area (Å²) in [7, 11) is -4.61. The standard InChI is InChI=1S/C21H20F4N2O6S/c1-11(28)33-15-4-3-14(29)9-27(10-15)34(31,32)19-6-12(2-5-16(19)22)21(30)26-13-7-17(23)20(25)18(24)8-13/h2,5-8,14-15,29H,3-4,9-10H2,1H3,(H,26,30)/t14-,15+/m0/s1. The van der Waals surface area contributed by atoms with E-state index in [0.29, 0.717) is 24.3 Å². The number of benzene rings is 2. The first-order chi connectivity index (χ1) is 15.9. The van der Waals surface area contributed by atoms with Gasteiger partial charge in [0.15, 0.2) is 17.5 Å². The van der Waals surface area contributed by atoms with E-state index in [1.165, 1.54) is 0 Å². The number of halogens is 4. The quantitative estimate of drug-likeness (QED) is 0.368. The predicted octanol–water partition coefficient (Wildman–Crippen LogP) is 2.57. The van der Waals surface area contributed by atoms with E-state index in [2.05, 4.69) is 5.32 Å². The van der Waals surface area contributed by atoms with Crippen molar-refractivity contribution in [1.82, 2.24) is 4.31 Å². The molecular formula is C21H20F4N2O6S. The van der Waals surface area contributed by atoms with Crippen LogP contribution in [0.5, 0.6) is 0 Å². The molecule has 8 nitrogen and oxygen atoms in total. The molecule has 2 aromatic carbocycles. The van der Waals surface area contributed by atoms with Crippen molar-refractivity contribution in [3.8, 4) is 0 Å². The van der Waals surface area contributed by atoms with Crippen LogP contribution in [0, 0.1) is 23.3 Å². The number of nitrogens with zero attached hydrogens (tertiary/aromatic N) is 1. The Labute approximate surface area is 192 Å². The molecule has 2 atom stereocenters. The second-order valence-electron chi connectivity index (χ2n) is 7.64. The number of rotatable bonds is 5. The lowest BCUT2D eigenvalue weighted by atomic mass is 10.1. The monoisotopic (exact) mass is 504 g/mol. The van der Waals surface area contributed by atoms with Crippen molar-refractivity contribution >= 4 is 27.6 Å². The molecule has 0 bridgehead atoms. The Balaban J connectivity index is 1.90. The van der Waals surface area contributed by atoms with E-state index in [1.54, 1.807) is 0 Å². The Morgan fingerprint density at radius 3 is 2.29 bits per heavy atom. The van der Waals surface area contributed by atoms with Crippen LogP contribution in [0.25, 0.3) is 0 Å². The summed E-state index contributed by atoms with van der Waals surface area (Å²) in [6, 6.07) is 3.41. The third-order valence-corrected chi connectivity index (χ3v) is 6.88. The first kappa shape index (κ1) is 25.6. The lowest BCUT2D eigenvalue weighted by molar-refractivity contribution is -0.146. The zero-order chi connectivity index (χ0) is 25.2. The number of amides is 1. The molecule has 0 spiro atoms. The topological polar surface area (TPSA) is 113 Å². The first-order valence-electron chi connectivity index (χ1n) is 9.99. The maximum Gasteiger partial charge on any atom is 0.302 e. The van der Waals surface area contributed by atoms with Gasteiger partial charge in [-0.3, -0.25) is 9.59 Å². The highest BCUT2D eigenvalue weighted by Gasteiger charge is 2.35. The van der Waals surface area contributed by atoms with E-state index in [1.807, 2.05) is 0 Å². The van der Waals surface area contributed by atoms with Gasteiger partial charge in [0.2, 0.25) is 10.0 Å². The van der Waals surface area contributed by atoms with Crippen molar-refractivity contribution in [2.24, 2.45) is 0 Å². The van der Waals surface area contributed by atoms with Gasteiger partial charge in [0, 0.05) is 36.9 Å². The molecule has 0 aliphatic carbocycles. The minimum absolute atomic E-state index is 0.139. The van der Waals surface area contributed by atoms with Crippen LogP contribution in [0.2, 0.25) is 0 Å². The Morgan fingerprint density at radius 2 is 1.68 bits per heavy atom.